The van der Waals surface area contributed by atoms with Gasteiger partial charge in [-0.15, -0.1) is 0 Å². The topological polar surface area (TPSA) is 81.8 Å². The largest absolute Gasteiger partial charge is 0.369 e. The number of nitrogens with two attached hydrogens (primary N) is 1. The molecular formula is C13H9ClF2N4O. The molecule has 21 heavy (non-hydrogen) atoms. The maximum atomic E-state index is 13.7. The smallest absolute Gasteiger partial charge is 0.229 e. The molecule has 0 bridgehead atoms. The van der Waals surface area contributed by atoms with Crippen molar-refractivity contribution in [1.82, 2.24) is 15.0 Å². The molecule has 0 aromatic carbocycles. The van der Waals surface area contributed by atoms with E-state index in [1.165, 1.54) is 6.20 Å². The Morgan fingerprint density at radius 3 is 2.33 bits per heavy atom. The fourth-order valence-corrected chi connectivity index (χ4v) is 2.39. The maximum absolute atomic E-state index is 13.7. The van der Waals surface area contributed by atoms with Crippen molar-refractivity contribution in [2.24, 2.45) is 5.73 Å². The Labute approximate surface area is 123 Å². The van der Waals surface area contributed by atoms with E-state index in [-0.39, 0.29) is 10.8 Å². The number of hydrogen-bond donors (Lipinski definition) is 1. The van der Waals surface area contributed by atoms with Gasteiger partial charge in [-0.1, -0.05) is 11.6 Å². The molecule has 2 N–H and O–H groups in total. The predicted octanol–water partition coefficient (Wildman–Crippen LogP) is 1.99. The summed E-state index contributed by atoms with van der Waals surface area (Å²) in [5.74, 6) is -2.30. The first kappa shape index (κ1) is 13.8. The third-order valence-electron chi connectivity index (χ3n) is 3.53. The van der Waals surface area contributed by atoms with Crippen LogP contribution in [0.25, 0.3) is 11.3 Å². The minimum Gasteiger partial charge on any atom is -0.369 e. The minimum absolute atomic E-state index is 0.141. The van der Waals surface area contributed by atoms with Gasteiger partial charge in [0.15, 0.2) is 16.8 Å². The normalized spacial score (nSPS) is 15.8. The molecule has 0 aliphatic heterocycles. The summed E-state index contributed by atoms with van der Waals surface area (Å²) >= 11 is 5.97. The standard InChI is InChI=1S/C13H9ClF2N4O/c14-11-10(9-6(15)3-18-4-7(9)16)19-5-8(20-11)13(1-2-13)12(17)21/h3-5H,1-2H2,(H2,17,21). The highest BCUT2D eigenvalue weighted by atomic mass is 35.5. The van der Waals surface area contributed by atoms with Crippen molar-refractivity contribution in [3.63, 3.8) is 0 Å². The molecule has 5 nitrogen and oxygen atoms in total. The highest BCUT2D eigenvalue weighted by Gasteiger charge is 2.51. The van der Waals surface area contributed by atoms with Gasteiger partial charge in [-0.25, -0.2) is 13.8 Å². The van der Waals surface area contributed by atoms with Crippen molar-refractivity contribution >= 4 is 17.5 Å². The number of rotatable bonds is 3. The molecule has 0 unspecified atom stereocenters. The molecule has 1 amide bonds. The SMILES string of the molecule is NC(=O)C1(c2cnc(-c3c(F)cncc3F)c(Cl)n2)CC1. The van der Waals surface area contributed by atoms with Gasteiger partial charge in [0.25, 0.3) is 0 Å². The second kappa shape index (κ2) is 4.70. The Morgan fingerprint density at radius 2 is 1.86 bits per heavy atom. The summed E-state index contributed by atoms with van der Waals surface area (Å²) in [5.41, 5.74) is 4.25. The number of amides is 1. The number of halogens is 3. The lowest BCUT2D eigenvalue weighted by Crippen LogP contribution is -2.29. The van der Waals surface area contributed by atoms with Crippen molar-refractivity contribution in [2.45, 2.75) is 18.3 Å². The highest BCUT2D eigenvalue weighted by Crippen LogP contribution is 2.47. The Hall–Kier alpha value is -2.15. The zero-order valence-electron chi connectivity index (χ0n) is 10.6. The Bertz CT molecular complexity index is 729. The number of primary amides is 1. The molecule has 0 atom stereocenters. The molecule has 2 aromatic heterocycles. The molecule has 1 aliphatic carbocycles. The molecular weight excluding hydrogens is 302 g/mol. The van der Waals surface area contributed by atoms with Gasteiger partial charge in [-0.05, 0) is 12.8 Å². The van der Waals surface area contributed by atoms with E-state index < -0.39 is 28.5 Å². The first-order valence-corrected chi connectivity index (χ1v) is 6.46. The highest BCUT2D eigenvalue weighted by molar-refractivity contribution is 6.31. The van der Waals surface area contributed by atoms with Crippen LogP contribution < -0.4 is 5.73 Å². The minimum atomic E-state index is -0.894. The third-order valence-corrected chi connectivity index (χ3v) is 3.80. The number of nitrogens with zero attached hydrogens (tertiary/aromatic N) is 3. The summed E-state index contributed by atoms with van der Waals surface area (Å²) in [4.78, 5) is 22.8. The van der Waals surface area contributed by atoms with E-state index in [0.717, 1.165) is 12.4 Å². The lowest BCUT2D eigenvalue weighted by Gasteiger charge is -2.12. The van der Waals surface area contributed by atoms with Crippen LogP contribution >= 0.6 is 11.6 Å². The fraction of sp³-hybridized carbons (Fsp3) is 0.231. The summed E-state index contributed by atoms with van der Waals surface area (Å²) in [5, 5.41) is -0.191. The zero-order valence-corrected chi connectivity index (χ0v) is 11.4. The van der Waals surface area contributed by atoms with Crippen LogP contribution in [0.2, 0.25) is 5.15 Å². The van der Waals surface area contributed by atoms with Crippen LogP contribution in [0, 0.1) is 11.6 Å². The molecule has 1 saturated carbocycles. The van der Waals surface area contributed by atoms with Crippen molar-refractivity contribution in [1.29, 1.82) is 0 Å². The van der Waals surface area contributed by atoms with Crippen molar-refractivity contribution in [3.8, 4) is 11.3 Å². The second-order valence-electron chi connectivity index (χ2n) is 4.82. The Balaban J connectivity index is 2.09. The monoisotopic (exact) mass is 310 g/mol. The predicted molar refractivity (Wildman–Crippen MR) is 70.3 cm³/mol. The molecule has 1 aliphatic rings. The average molecular weight is 311 g/mol. The lowest BCUT2D eigenvalue weighted by molar-refractivity contribution is -0.120. The number of carbonyl (C=O) groups is 1. The molecule has 3 rings (SSSR count). The quantitative estimate of drug-likeness (QED) is 0.940. The maximum Gasteiger partial charge on any atom is 0.229 e. The van der Waals surface area contributed by atoms with Crippen molar-refractivity contribution in [3.05, 3.63) is 41.1 Å². The van der Waals surface area contributed by atoms with Crippen LogP contribution in [-0.4, -0.2) is 20.9 Å². The molecule has 8 heteroatoms. The third kappa shape index (κ3) is 2.13. The number of carbonyl (C=O) groups excluding carboxylic acids is 1. The first-order valence-electron chi connectivity index (χ1n) is 6.08. The van der Waals surface area contributed by atoms with Crippen LogP contribution in [0.4, 0.5) is 8.78 Å². The number of hydrogen-bond acceptors (Lipinski definition) is 4. The van der Waals surface area contributed by atoms with Gasteiger partial charge < -0.3 is 5.73 Å². The molecule has 108 valence electrons. The van der Waals surface area contributed by atoms with E-state index >= 15 is 0 Å². The van der Waals surface area contributed by atoms with E-state index in [4.69, 9.17) is 17.3 Å². The van der Waals surface area contributed by atoms with Crippen LogP contribution in [0.1, 0.15) is 18.5 Å². The summed E-state index contributed by atoms with van der Waals surface area (Å²) in [6, 6.07) is 0. The van der Waals surface area contributed by atoms with Crippen LogP contribution in [0.3, 0.4) is 0 Å². The van der Waals surface area contributed by atoms with Crippen LogP contribution in [0.5, 0.6) is 0 Å². The van der Waals surface area contributed by atoms with Gasteiger partial charge in [-0.3, -0.25) is 14.8 Å². The van der Waals surface area contributed by atoms with Gasteiger partial charge in [0.1, 0.15) is 5.69 Å². The van der Waals surface area contributed by atoms with Crippen LogP contribution in [0.15, 0.2) is 18.6 Å². The fourth-order valence-electron chi connectivity index (χ4n) is 2.16. The Kier molecular flexibility index (Phi) is 3.09. The zero-order chi connectivity index (χ0) is 15.2. The average Bonchev–Trinajstić information content (AvgIpc) is 3.21. The van der Waals surface area contributed by atoms with Gasteiger partial charge >= 0.3 is 0 Å². The summed E-state index contributed by atoms with van der Waals surface area (Å²) < 4.78 is 27.4. The number of pyridine rings is 1. The van der Waals surface area contributed by atoms with E-state index in [2.05, 4.69) is 15.0 Å². The van der Waals surface area contributed by atoms with Gasteiger partial charge in [0.05, 0.1) is 35.3 Å². The first-order chi connectivity index (χ1) is 9.95. The Morgan fingerprint density at radius 1 is 1.24 bits per heavy atom. The van der Waals surface area contributed by atoms with E-state index in [9.17, 15) is 13.6 Å². The summed E-state index contributed by atoms with van der Waals surface area (Å²) in [7, 11) is 0. The molecule has 2 aromatic rings. The van der Waals surface area contributed by atoms with Gasteiger partial charge in [-0.2, -0.15) is 0 Å². The summed E-state index contributed by atoms with van der Waals surface area (Å²) in [6.45, 7) is 0. The van der Waals surface area contributed by atoms with Gasteiger partial charge in [0.2, 0.25) is 5.91 Å². The number of aromatic nitrogens is 3. The van der Waals surface area contributed by atoms with Crippen LogP contribution in [-0.2, 0) is 10.2 Å². The molecule has 0 saturated heterocycles. The van der Waals surface area contributed by atoms with E-state index in [0.29, 0.717) is 18.5 Å². The molecule has 0 radical (unpaired) electrons. The van der Waals surface area contributed by atoms with Crippen molar-refractivity contribution in [2.75, 3.05) is 0 Å². The second-order valence-corrected chi connectivity index (χ2v) is 5.18. The molecule has 1 fully saturated rings. The lowest BCUT2D eigenvalue weighted by atomic mass is 10.0. The van der Waals surface area contributed by atoms with E-state index in [1.807, 2.05) is 0 Å². The summed E-state index contributed by atoms with van der Waals surface area (Å²) in [6.07, 6.45) is 4.11. The van der Waals surface area contributed by atoms with E-state index in [1.54, 1.807) is 0 Å². The molecule has 0 spiro atoms. The van der Waals surface area contributed by atoms with Gasteiger partial charge in [0, 0.05) is 0 Å². The van der Waals surface area contributed by atoms with Crippen molar-refractivity contribution < 1.29 is 13.6 Å². The molecule has 2 heterocycles.